The van der Waals surface area contributed by atoms with E-state index in [2.05, 4.69) is 25.9 Å². The molecule has 1 aliphatic rings. The summed E-state index contributed by atoms with van der Waals surface area (Å²) in [6, 6.07) is 12.7. The topological polar surface area (TPSA) is 111 Å². The maximum atomic E-state index is 12.5. The second-order valence-corrected chi connectivity index (χ2v) is 6.63. The Hall–Kier alpha value is -4.14. The van der Waals surface area contributed by atoms with Gasteiger partial charge in [0.1, 0.15) is 12.4 Å². The maximum Gasteiger partial charge on any atom is 0.248 e. The van der Waals surface area contributed by atoms with Crippen LogP contribution in [-0.4, -0.2) is 33.1 Å². The molecule has 1 atom stereocenters. The van der Waals surface area contributed by atoms with Gasteiger partial charge in [0.2, 0.25) is 5.91 Å². The van der Waals surface area contributed by atoms with E-state index in [1.165, 1.54) is 6.08 Å². The zero-order valence-corrected chi connectivity index (χ0v) is 16.8. The molecular weight excluding hydrogens is 398 g/mol. The number of carbonyl (C=O) groups excluding carboxylic acids is 1. The number of nitrogens with zero attached hydrogens (tertiary/aromatic N) is 3. The van der Waals surface area contributed by atoms with Crippen molar-refractivity contribution >= 4 is 17.7 Å². The van der Waals surface area contributed by atoms with Crippen molar-refractivity contribution in [3.63, 3.8) is 0 Å². The first-order valence-corrected chi connectivity index (χ1v) is 9.80. The lowest BCUT2D eigenvalue weighted by atomic mass is 10.2. The van der Waals surface area contributed by atoms with Gasteiger partial charge in [0, 0.05) is 6.08 Å². The molecule has 0 saturated carbocycles. The SMILES string of the molecule is CCC=COc1ccc(C=CC(=O)Nc2cccc3c2OC(c2nnn[nH]2)CO3)cc1. The standard InChI is InChI=1S/C22H21N5O4/c1-2-3-13-29-16-10-7-15(8-11-16)9-12-20(28)23-17-5-4-6-18-21(17)31-19(14-30-18)22-24-26-27-25-22/h3-13,19H,2,14H2,1H3,(H,23,28)(H,24,25,26,27). The smallest absolute Gasteiger partial charge is 0.248 e. The normalized spacial score (nSPS) is 15.3. The van der Waals surface area contributed by atoms with Gasteiger partial charge in [-0.1, -0.05) is 25.1 Å². The second-order valence-electron chi connectivity index (χ2n) is 6.63. The van der Waals surface area contributed by atoms with Crippen LogP contribution in [0.5, 0.6) is 17.2 Å². The first-order valence-electron chi connectivity index (χ1n) is 9.80. The average molecular weight is 419 g/mol. The zero-order chi connectivity index (χ0) is 21.5. The minimum absolute atomic E-state index is 0.259. The van der Waals surface area contributed by atoms with Gasteiger partial charge < -0.3 is 19.5 Å². The summed E-state index contributed by atoms with van der Waals surface area (Å²) >= 11 is 0. The van der Waals surface area contributed by atoms with Crippen LogP contribution in [0.1, 0.15) is 30.8 Å². The highest BCUT2D eigenvalue weighted by molar-refractivity contribution is 6.03. The Morgan fingerprint density at radius 3 is 2.94 bits per heavy atom. The zero-order valence-electron chi connectivity index (χ0n) is 16.8. The second kappa shape index (κ2) is 9.57. The van der Waals surface area contributed by atoms with E-state index in [9.17, 15) is 4.79 Å². The van der Waals surface area contributed by atoms with E-state index < -0.39 is 6.10 Å². The van der Waals surface area contributed by atoms with Gasteiger partial charge in [-0.2, -0.15) is 0 Å². The molecule has 9 nitrogen and oxygen atoms in total. The number of rotatable bonds is 7. The molecule has 2 aromatic carbocycles. The van der Waals surface area contributed by atoms with Gasteiger partial charge in [-0.3, -0.25) is 4.79 Å². The third-order valence-corrected chi connectivity index (χ3v) is 4.40. The number of carbonyl (C=O) groups is 1. The molecule has 31 heavy (non-hydrogen) atoms. The predicted molar refractivity (Wildman–Crippen MR) is 114 cm³/mol. The molecule has 0 spiro atoms. The van der Waals surface area contributed by atoms with Crippen LogP contribution in [0.2, 0.25) is 0 Å². The lowest BCUT2D eigenvalue weighted by molar-refractivity contribution is -0.111. The van der Waals surface area contributed by atoms with Crippen molar-refractivity contribution in [2.45, 2.75) is 19.4 Å². The first-order chi connectivity index (χ1) is 15.2. The molecule has 1 aliphatic heterocycles. The summed E-state index contributed by atoms with van der Waals surface area (Å²) in [5, 5.41) is 16.5. The lowest BCUT2D eigenvalue weighted by Crippen LogP contribution is -2.24. The average Bonchev–Trinajstić information content (AvgIpc) is 3.34. The summed E-state index contributed by atoms with van der Waals surface area (Å²) < 4.78 is 17.2. The predicted octanol–water partition coefficient (Wildman–Crippen LogP) is 3.67. The lowest BCUT2D eigenvalue weighted by Gasteiger charge is -2.26. The van der Waals surface area contributed by atoms with Crippen molar-refractivity contribution in [1.29, 1.82) is 0 Å². The fourth-order valence-corrected chi connectivity index (χ4v) is 2.86. The summed E-state index contributed by atoms with van der Waals surface area (Å²) in [5.41, 5.74) is 1.37. The summed E-state index contributed by atoms with van der Waals surface area (Å²) in [6.07, 6.45) is 7.18. The van der Waals surface area contributed by atoms with Crippen LogP contribution in [0, 0.1) is 0 Å². The fraction of sp³-hybridized carbons (Fsp3) is 0.182. The molecule has 0 saturated heterocycles. The quantitative estimate of drug-likeness (QED) is 0.444. The Morgan fingerprint density at radius 2 is 2.16 bits per heavy atom. The van der Waals surface area contributed by atoms with Gasteiger partial charge in [-0.05, 0) is 58.8 Å². The van der Waals surface area contributed by atoms with Crippen molar-refractivity contribution in [2.75, 3.05) is 11.9 Å². The highest BCUT2D eigenvalue weighted by Crippen LogP contribution is 2.41. The number of tetrazole rings is 1. The van der Waals surface area contributed by atoms with Gasteiger partial charge in [0.15, 0.2) is 23.4 Å². The molecule has 0 radical (unpaired) electrons. The molecular formula is C22H21N5O4. The van der Waals surface area contributed by atoms with Gasteiger partial charge in [-0.25, -0.2) is 5.10 Å². The van der Waals surface area contributed by atoms with E-state index in [-0.39, 0.29) is 12.5 Å². The van der Waals surface area contributed by atoms with Crippen LogP contribution >= 0.6 is 0 Å². The maximum absolute atomic E-state index is 12.5. The third kappa shape index (κ3) is 5.08. The summed E-state index contributed by atoms with van der Waals surface area (Å²) in [6.45, 7) is 2.30. The molecule has 1 aromatic heterocycles. The molecule has 158 valence electrons. The van der Waals surface area contributed by atoms with Crippen molar-refractivity contribution in [1.82, 2.24) is 20.6 Å². The van der Waals surface area contributed by atoms with Crippen molar-refractivity contribution in [3.8, 4) is 17.2 Å². The number of para-hydroxylation sites is 1. The van der Waals surface area contributed by atoms with E-state index >= 15 is 0 Å². The summed E-state index contributed by atoms with van der Waals surface area (Å²) in [5.74, 6) is 1.85. The number of ether oxygens (including phenoxy) is 3. The van der Waals surface area contributed by atoms with Crippen molar-refractivity contribution in [3.05, 3.63) is 72.3 Å². The highest BCUT2D eigenvalue weighted by Gasteiger charge is 2.27. The Morgan fingerprint density at radius 1 is 1.29 bits per heavy atom. The minimum Gasteiger partial charge on any atom is -0.485 e. The number of allylic oxidation sites excluding steroid dienone is 1. The monoisotopic (exact) mass is 419 g/mol. The van der Waals surface area contributed by atoms with E-state index in [4.69, 9.17) is 14.2 Å². The van der Waals surface area contributed by atoms with Crippen molar-refractivity contribution in [2.24, 2.45) is 0 Å². The van der Waals surface area contributed by atoms with Gasteiger partial charge in [-0.15, -0.1) is 5.10 Å². The Labute approximate surface area is 178 Å². The highest BCUT2D eigenvalue weighted by atomic mass is 16.6. The van der Waals surface area contributed by atoms with E-state index in [0.29, 0.717) is 23.0 Å². The van der Waals surface area contributed by atoms with E-state index in [0.717, 1.165) is 17.7 Å². The number of aromatic amines is 1. The van der Waals surface area contributed by atoms with Crippen LogP contribution < -0.4 is 19.5 Å². The molecule has 0 fully saturated rings. The molecule has 3 aromatic rings. The fourth-order valence-electron chi connectivity index (χ4n) is 2.86. The Bertz CT molecular complexity index is 1080. The van der Waals surface area contributed by atoms with E-state index in [1.54, 1.807) is 30.5 Å². The molecule has 4 rings (SSSR count). The number of hydrogen-bond acceptors (Lipinski definition) is 7. The number of fused-ring (bicyclic) bond motifs is 1. The third-order valence-electron chi connectivity index (χ3n) is 4.40. The van der Waals surface area contributed by atoms with Crippen LogP contribution in [0.3, 0.4) is 0 Å². The number of H-pyrrole nitrogens is 1. The Balaban J connectivity index is 1.41. The molecule has 2 heterocycles. The van der Waals surface area contributed by atoms with Gasteiger partial charge in [0.25, 0.3) is 0 Å². The van der Waals surface area contributed by atoms with Crippen molar-refractivity contribution < 1.29 is 19.0 Å². The minimum atomic E-state index is -0.496. The molecule has 9 heteroatoms. The molecule has 0 bridgehead atoms. The number of benzene rings is 2. The first kappa shape index (κ1) is 20.1. The number of anilines is 1. The van der Waals surface area contributed by atoms with Crippen LogP contribution in [-0.2, 0) is 4.79 Å². The summed E-state index contributed by atoms with van der Waals surface area (Å²) in [7, 11) is 0. The number of nitrogens with one attached hydrogen (secondary N) is 2. The molecule has 1 unspecified atom stereocenters. The number of aromatic nitrogens is 4. The summed E-state index contributed by atoms with van der Waals surface area (Å²) in [4.78, 5) is 12.5. The van der Waals surface area contributed by atoms with E-state index in [1.807, 2.05) is 37.3 Å². The molecule has 1 amide bonds. The molecule has 2 N–H and O–H groups in total. The van der Waals surface area contributed by atoms with Crippen LogP contribution in [0.15, 0.2) is 60.9 Å². The largest absolute Gasteiger partial charge is 0.485 e. The van der Waals surface area contributed by atoms with Gasteiger partial charge >= 0.3 is 0 Å². The van der Waals surface area contributed by atoms with Crippen LogP contribution in [0.4, 0.5) is 5.69 Å². The number of amides is 1. The Kier molecular flexibility index (Phi) is 6.22. The van der Waals surface area contributed by atoms with Gasteiger partial charge in [0.05, 0.1) is 11.9 Å². The molecule has 0 aliphatic carbocycles. The number of hydrogen-bond donors (Lipinski definition) is 2. The van der Waals surface area contributed by atoms with Crippen LogP contribution in [0.25, 0.3) is 6.08 Å².